The molecule has 0 saturated heterocycles. The summed E-state index contributed by atoms with van der Waals surface area (Å²) in [6, 6.07) is 83.9. The van der Waals surface area contributed by atoms with Crippen LogP contribution in [0.3, 0.4) is 0 Å². The molecule has 3 heterocycles. The van der Waals surface area contributed by atoms with Crippen LogP contribution in [0, 0.1) is 0 Å². The Hall–Kier alpha value is -8.54. The molecular weight excluding hydrogens is 767 g/mol. The first-order valence-corrected chi connectivity index (χ1v) is 21.3. The van der Waals surface area contributed by atoms with Gasteiger partial charge >= 0.3 is 0 Å². The van der Waals surface area contributed by atoms with E-state index in [1.54, 1.807) is 0 Å². The second-order valence-electron chi connectivity index (χ2n) is 15.9. The first-order chi connectivity index (χ1) is 31.2. The molecule has 0 unspecified atom stereocenters. The van der Waals surface area contributed by atoms with Crippen molar-refractivity contribution in [2.24, 2.45) is 0 Å². The third-order valence-corrected chi connectivity index (χ3v) is 12.1. The zero-order valence-electron chi connectivity index (χ0n) is 34.3. The number of hydrogen-bond donors (Lipinski definition) is 0. The van der Waals surface area contributed by atoms with Crippen LogP contribution < -0.4 is 4.90 Å². The van der Waals surface area contributed by atoms with E-state index >= 15 is 0 Å². The van der Waals surface area contributed by atoms with Crippen LogP contribution in [-0.4, -0.2) is 19.1 Å². The first-order valence-electron chi connectivity index (χ1n) is 21.3. The van der Waals surface area contributed by atoms with Crippen LogP contribution in [0.15, 0.2) is 237 Å². The lowest BCUT2D eigenvalue weighted by molar-refractivity contribution is 1.16. The third-order valence-electron chi connectivity index (χ3n) is 12.1. The molecule has 12 aromatic rings. The van der Waals surface area contributed by atoms with E-state index in [0.717, 1.165) is 67.5 Å². The quantitative estimate of drug-likeness (QED) is 0.154. The summed E-state index contributed by atoms with van der Waals surface area (Å²) < 4.78 is 4.80. The second-order valence-corrected chi connectivity index (χ2v) is 15.9. The average molecular weight is 806 g/mol. The lowest BCUT2D eigenvalue weighted by atomic mass is 10.1. The fourth-order valence-corrected chi connectivity index (χ4v) is 9.21. The maximum Gasteiger partial charge on any atom is 0.160 e. The van der Waals surface area contributed by atoms with Gasteiger partial charge in [0.05, 0.1) is 33.5 Å². The monoisotopic (exact) mass is 805 g/mol. The minimum atomic E-state index is 0.702. The van der Waals surface area contributed by atoms with E-state index in [1.807, 2.05) is 24.3 Å². The minimum absolute atomic E-state index is 0.702. The van der Waals surface area contributed by atoms with E-state index in [9.17, 15) is 0 Å². The van der Waals surface area contributed by atoms with Crippen LogP contribution in [-0.2, 0) is 0 Å². The van der Waals surface area contributed by atoms with Gasteiger partial charge in [0.2, 0.25) is 0 Å². The minimum Gasteiger partial charge on any atom is -0.310 e. The molecule has 0 radical (unpaired) electrons. The van der Waals surface area contributed by atoms with Gasteiger partial charge in [-0.15, -0.1) is 0 Å². The molecular formula is C58H39N5. The van der Waals surface area contributed by atoms with E-state index < -0.39 is 0 Å². The molecule has 5 nitrogen and oxygen atoms in total. The Balaban J connectivity index is 1.05. The number of hydrogen-bond acceptors (Lipinski definition) is 3. The van der Waals surface area contributed by atoms with E-state index in [4.69, 9.17) is 9.97 Å². The summed E-state index contributed by atoms with van der Waals surface area (Å²) in [7, 11) is 0. The fraction of sp³-hybridized carbons (Fsp3) is 0. The molecule has 0 aliphatic rings. The molecule has 0 aliphatic carbocycles. The lowest BCUT2D eigenvalue weighted by Crippen LogP contribution is -2.09. The van der Waals surface area contributed by atoms with Crippen molar-refractivity contribution in [1.29, 1.82) is 0 Å². The number of para-hydroxylation sites is 4. The molecule has 0 bridgehead atoms. The lowest BCUT2D eigenvalue weighted by Gasteiger charge is -2.25. The predicted molar refractivity (Wildman–Crippen MR) is 262 cm³/mol. The Kier molecular flexibility index (Phi) is 8.75. The van der Waals surface area contributed by atoms with Gasteiger partial charge in [-0.1, -0.05) is 146 Å². The second kappa shape index (κ2) is 15.2. The maximum atomic E-state index is 5.12. The van der Waals surface area contributed by atoms with Crippen molar-refractivity contribution < 1.29 is 0 Å². The van der Waals surface area contributed by atoms with E-state index in [-0.39, 0.29) is 0 Å². The molecule has 9 aromatic carbocycles. The van der Waals surface area contributed by atoms with Crippen LogP contribution in [0.5, 0.6) is 0 Å². The number of anilines is 3. The van der Waals surface area contributed by atoms with Crippen LogP contribution in [0.4, 0.5) is 17.1 Å². The number of rotatable bonds is 8. The topological polar surface area (TPSA) is 38.9 Å². The summed E-state index contributed by atoms with van der Waals surface area (Å²) in [5.74, 6) is 0.702. The summed E-state index contributed by atoms with van der Waals surface area (Å²) in [6.07, 6.45) is 0. The molecule has 0 fully saturated rings. The summed E-state index contributed by atoms with van der Waals surface area (Å²) >= 11 is 0. The van der Waals surface area contributed by atoms with Gasteiger partial charge < -0.3 is 14.0 Å². The van der Waals surface area contributed by atoms with Crippen molar-refractivity contribution in [2.75, 3.05) is 4.90 Å². The molecule has 5 heteroatoms. The molecule has 0 aliphatic heterocycles. The third kappa shape index (κ3) is 6.34. The van der Waals surface area contributed by atoms with Gasteiger partial charge in [0.1, 0.15) is 0 Å². The van der Waals surface area contributed by atoms with Crippen molar-refractivity contribution in [2.45, 2.75) is 0 Å². The van der Waals surface area contributed by atoms with Gasteiger partial charge in [-0.25, -0.2) is 9.97 Å². The van der Waals surface area contributed by atoms with Crippen molar-refractivity contribution in [3.05, 3.63) is 237 Å². The van der Waals surface area contributed by atoms with Crippen LogP contribution in [0.1, 0.15) is 0 Å². The highest BCUT2D eigenvalue weighted by Crippen LogP contribution is 2.41. The highest BCUT2D eigenvalue weighted by atomic mass is 15.1. The molecule has 0 atom stereocenters. The van der Waals surface area contributed by atoms with Crippen LogP contribution in [0.25, 0.3) is 88.9 Å². The molecule has 0 N–H and O–H groups in total. The molecule has 0 amide bonds. The molecule has 3 aromatic heterocycles. The summed E-state index contributed by atoms with van der Waals surface area (Å²) in [5, 5.41) is 4.83. The van der Waals surface area contributed by atoms with Gasteiger partial charge in [0.25, 0.3) is 0 Å². The van der Waals surface area contributed by atoms with Crippen molar-refractivity contribution in [1.82, 2.24) is 19.1 Å². The first kappa shape index (κ1) is 36.3. The van der Waals surface area contributed by atoms with E-state index in [0.29, 0.717) is 5.82 Å². The van der Waals surface area contributed by atoms with Gasteiger partial charge in [-0.3, -0.25) is 0 Å². The Morgan fingerprint density at radius 3 is 1.30 bits per heavy atom. The summed E-state index contributed by atoms with van der Waals surface area (Å²) in [4.78, 5) is 12.5. The van der Waals surface area contributed by atoms with Gasteiger partial charge in [0, 0.05) is 66.7 Å². The summed E-state index contributed by atoms with van der Waals surface area (Å²) in [5.41, 5.74) is 14.9. The smallest absolute Gasteiger partial charge is 0.160 e. The zero-order chi connectivity index (χ0) is 41.7. The predicted octanol–water partition coefficient (Wildman–Crippen LogP) is 15.1. The standard InChI is InChI=1S/C58H39N5/c1-5-17-40(18-6-1)52-39-53(60-58(59-52)42-19-7-2-8-20-42)41-29-31-45(32-30-41)62-56-35-33-46(61(43-21-9-3-10-22-43)44-23-11-4-12-24-44)37-50(56)51-38-47(34-36-57(51)62)63-54-27-15-13-25-48(54)49-26-14-16-28-55(49)63/h1-39H. The van der Waals surface area contributed by atoms with Crippen LogP contribution >= 0.6 is 0 Å². The SMILES string of the molecule is c1ccc(-c2cc(-c3ccc(-n4c5ccc(N(c6ccccc6)c6ccccc6)cc5c5cc(-n6c7ccccc7c7ccccc76)ccc54)cc3)nc(-c3ccccc3)n2)cc1. The molecule has 0 saturated carbocycles. The van der Waals surface area contributed by atoms with Crippen LogP contribution in [0.2, 0.25) is 0 Å². The van der Waals surface area contributed by atoms with Crippen molar-refractivity contribution in [3.8, 4) is 45.3 Å². The van der Waals surface area contributed by atoms with Crippen molar-refractivity contribution >= 4 is 60.7 Å². The number of aromatic nitrogens is 4. The Morgan fingerprint density at radius 1 is 0.286 bits per heavy atom. The average Bonchev–Trinajstić information content (AvgIpc) is 3.87. The van der Waals surface area contributed by atoms with Gasteiger partial charge in [-0.05, 0) is 91.0 Å². The number of nitrogens with zero attached hydrogens (tertiary/aromatic N) is 5. The normalized spacial score (nSPS) is 11.5. The molecule has 12 rings (SSSR count). The Morgan fingerprint density at radius 2 is 0.714 bits per heavy atom. The zero-order valence-corrected chi connectivity index (χ0v) is 34.3. The van der Waals surface area contributed by atoms with E-state index in [2.05, 4.69) is 226 Å². The number of benzene rings is 9. The largest absolute Gasteiger partial charge is 0.310 e. The van der Waals surface area contributed by atoms with E-state index in [1.165, 1.54) is 32.6 Å². The Labute approximate surface area is 365 Å². The molecule has 63 heavy (non-hydrogen) atoms. The highest BCUT2D eigenvalue weighted by molar-refractivity contribution is 6.13. The molecule has 0 spiro atoms. The summed E-state index contributed by atoms with van der Waals surface area (Å²) in [6.45, 7) is 0. The molecule has 296 valence electrons. The maximum absolute atomic E-state index is 5.12. The highest BCUT2D eigenvalue weighted by Gasteiger charge is 2.20. The van der Waals surface area contributed by atoms with Crippen molar-refractivity contribution in [3.63, 3.8) is 0 Å². The van der Waals surface area contributed by atoms with Gasteiger partial charge in [-0.2, -0.15) is 0 Å². The Bertz CT molecular complexity index is 3440. The van der Waals surface area contributed by atoms with Gasteiger partial charge in [0.15, 0.2) is 5.82 Å². The fourth-order valence-electron chi connectivity index (χ4n) is 9.21. The number of fused-ring (bicyclic) bond motifs is 6.